The second-order valence-electron chi connectivity index (χ2n) is 9.39. The summed E-state index contributed by atoms with van der Waals surface area (Å²) in [6, 6.07) is 35.4. The van der Waals surface area contributed by atoms with Crippen LogP contribution in [0.5, 0.6) is 11.8 Å². The number of carboxylic acid groups (broad SMARTS) is 1. The Hall–Kier alpha value is -5.07. The molecule has 0 aliphatic carbocycles. The average Bonchev–Trinajstić information content (AvgIpc) is 3.35. The molecule has 0 radical (unpaired) electrons. The van der Waals surface area contributed by atoms with Crippen molar-refractivity contribution in [2.24, 2.45) is 0 Å². The second kappa shape index (κ2) is 10.6. The molecule has 0 saturated heterocycles. The third-order valence-electron chi connectivity index (χ3n) is 6.69. The number of aromatic nitrogens is 2. The minimum absolute atomic E-state index is 0.181. The molecule has 3 N–H and O–H groups in total. The molecule has 0 bridgehead atoms. The van der Waals surface area contributed by atoms with Crippen LogP contribution in [0.1, 0.15) is 15.9 Å². The SMILES string of the molecule is Cc1ccc(Oc2nc3cc(-c4ccc(-c5ccccc5Nc5ccccc5)cc4)c(Cl)cc3[nH]2)cc1C(=O)O. The number of aromatic amines is 1. The molecule has 196 valence electrons. The molecular formula is C33H24ClN3O3. The summed E-state index contributed by atoms with van der Waals surface area (Å²) in [5.41, 5.74) is 8.26. The Balaban J connectivity index is 1.27. The number of aryl methyl sites for hydroxylation is 1. The lowest BCUT2D eigenvalue weighted by Crippen LogP contribution is -2.00. The van der Waals surface area contributed by atoms with Crippen LogP contribution in [0, 0.1) is 6.92 Å². The summed E-state index contributed by atoms with van der Waals surface area (Å²) in [6.07, 6.45) is 0. The van der Waals surface area contributed by atoms with Gasteiger partial charge in [0.2, 0.25) is 0 Å². The fraction of sp³-hybridized carbons (Fsp3) is 0.0303. The first-order valence-corrected chi connectivity index (χ1v) is 13.1. The molecule has 0 aliphatic rings. The van der Waals surface area contributed by atoms with Gasteiger partial charge in [0.05, 0.1) is 21.6 Å². The number of anilines is 2. The number of para-hydroxylation sites is 2. The van der Waals surface area contributed by atoms with Crippen molar-refractivity contribution in [1.82, 2.24) is 9.97 Å². The number of carbonyl (C=O) groups is 1. The summed E-state index contributed by atoms with van der Waals surface area (Å²) >= 11 is 6.69. The van der Waals surface area contributed by atoms with Crippen molar-refractivity contribution < 1.29 is 14.6 Å². The van der Waals surface area contributed by atoms with Crippen LogP contribution in [0.25, 0.3) is 33.3 Å². The van der Waals surface area contributed by atoms with Crippen molar-refractivity contribution in [2.75, 3.05) is 5.32 Å². The van der Waals surface area contributed by atoms with Crippen LogP contribution < -0.4 is 10.1 Å². The quantitative estimate of drug-likeness (QED) is 0.186. The van der Waals surface area contributed by atoms with E-state index in [4.69, 9.17) is 16.3 Å². The first-order valence-electron chi connectivity index (χ1n) is 12.7. The monoisotopic (exact) mass is 545 g/mol. The first-order chi connectivity index (χ1) is 19.4. The lowest BCUT2D eigenvalue weighted by atomic mass is 9.99. The van der Waals surface area contributed by atoms with Gasteiger partial charge in [-0.1, -0.05) is 78.3 Å². The number of imidazole rings is 1. The summed E-state index contributed by atoms with van der Waals surface area (Å²) in [7, 11) is 0. The van der Waals surface area contributed by atoms with E-state index in [1.165, 1.54) is 6.07 Å². The molecule has 0 unspecified atom stereocenters. The van der Waals surface area contributed by atoms with E-state index in [1.54, 1.807) is 19.1 Å². The van der Waals surface area contributed by atoms with Crippen LogP contribution in [-0.4, -0.2) is 21.0 Å². The topological polar surface area (TPSA) is 87.2 Å². The normalized spacial score (nSPS) is 10.9. The minimum Gasteiger partial charge on any atom is -0.478 e. The average molecular weight is 546 g/mol. The van der Waals surface area contributed by atoms with E-state index in [0.29, 0.717) is 27.4 Å². The lowest BCUT2D eigenvalue weighted by Gasteiger charge is -2.13. The zero-order chi connectivity index (χ0) is 27.6. The molecule has 0 atom stereocenters. The summed E-state index contributed by atoms with van der Waals surface area (Å²) in [5, 5.41) is 13.5. The van der Waals surface area contributed by atoms with E-state index in [2.05, 4.69) is 39.6 Å². The van der Waals surface area contributed by atoms with Crippen molar-refractivity contribution in [3.8, 4) is 34.0 Å². The van der Waals surface area contributed by atoms with Crippen LogP contribution in [0.3, 0.4) is 0 Å². The highest BCUT2D eigenvalue weighted by Crippen LogP contribution is 2.36. The van der Waals surface area contributed by atoms with Gasteiger partial charge in [0.1, 0.15) is 5.75 Å². The van der Waals surface area contributed by atoms with Crippen LogP contribution >= 0.6 is 11.6 Å². The van der Waals surface area contributed by atoms with Gasteiger partial charge < -0.3 is 20.1 Å². The van der Waals surface area contributed by atoms with E-state index in [0.717, 1.165) is 33.6 Å². The third-order valence-corrected chi connectivity index (χ3v) is 7.00. The number of aromatic carboxylic acids is 1. The first kappa shape index (κ1) is 25.2. The zero-order valence-corrected chi connectivity index (χ0v) is 22.2. The molecule has 0 amide bonds. The second-order valence-corrected chi connectivity index (χ2v) is 9.80. The number of hydrogen-bond acceptors (Lipinski definition) is 4. The number of H-pyrrole nitrogens is 1. The van der Waals surface area contributed by atoms with E-state index < -0.39 is 5.97 Å². The van der Waals surface area contributed by atoms with Gasteiger partial charge >= 0.3 is 5.97 Å². The number of carboxylic acids is 1. The molecule has 40 heavy (non-hydrogen) atoms. The number of benzene rings is 5. The van der Waals surface area contributed by atoms with Crippen molar-refractivity contribution in [3.05, 3.63) is 125 Å². The fourth-order valence-corrected chi connectivity index (χ4v) is 4.91. The maximum Gasteiger partial charge on any atom is 0.336 e. The highest BCUT2D eigenvalue weighted by Gasteiger charge is 2.14. The predicted octanol–water partition coefficient (Wildman–Crippen LogP) is 9.09. The Morgan fingerprint density at radius 3 is 2.30 bits per heavy atom. The molecule has 5 aromatic carbocycles. The molecule has 7 heteroatoms. The standard InChI is InChI=1S/C33H24ClN3O3/c1-20-11-16-24(17-26(20)32(38)39)40-33-36-30-18-27(28(34)19-31(30)37-33)22-14-12-21(13-15-22)25-9-5-6-10-29(25)35-23-7-3-2-4-8-23/h2-19,35H,1H3,(H,36,37)(H,38,39). The van der Waals surface area contributed by atoms with Gasteiger partial charge in [0, 0.05) is 22.5 Å². The van der Waals surface area contributed by atoms with Gasteiger partial charge in [-0.25, -0.2) is 4.79 Å². The lowest BCUT2D eigenvalue weighted by molar-refractivity contribution is 0.0695. The molecule has 6 aromatic rings. The highest BCUT2D eigenvalue weighted by atomic mass is 35.5. The maximum atomic E-state index is 11.5. The Morgan fingerprint density at radius 2 is 1.55 bits per heavy atom. The van der Waals surface area contributed by atoms with E-state index in [9.17, 15) is 9.90 Å². The van der Waals surface area contributed by atoms with Gasteiger partial charge in [-0.2, -0.15) is 4.98 Å². The highest BCUT2D eigenvalue weighted by molar-refractivity contribution is 6.34. The number of fused-ring (bicyclic) bond motifs is 1. The maximum absolute atomic E-state index is 11.5. The van der Waals surface area contributed by atoms with E-state index >= 15 is 0 Å². The Morgan fingerprint density at radius 1 is 0.850 bits per heavy atom. The molecule has 1 heterocycles. The smallest absolute Gasteiger partial charge is 0.336 e. The Bertz CT molecular complexity index is 1850. The third kappa shape index (κ3) is 5.13. The summed E-state index contributed by atoms with van der Waals surface area (Å²) in [4.78, 5) is 19.1. The minimum atomic E-state index is -1.01. The molecular weight excluding hydrogens is 522 g/mol. The Labute approximate surface area is 235 Å². The van der Waals surface area contributed by atoms with Crippen molar-refractivity contribution >= 4 is 40.0 Å². The summed E-state index contributed by atoms with van der Waals surface area (Å²) in [5.74, 6) is -0.628. The number of ether oxygens (including phenoxy) is 1. The van der Waals surface area contributed by atoms with Gasteiger partial charge in [0.25, 0.3) is 6.01 Å². The summed E-state index contributed by atoms with van der Waals surface area (Å²) in [6.45, 7) is 1.74. The van der Waals surface area contributed by atoms with Gasteiger partial charge in [-0.3, -0.25) is 0 Å². The zero-order valence-electron chi connectivity index (χ0n) is 21.5. The molecule has 6 nitrogen and oxygen atoms in total. The number of hydrogen-bond donors (Lipinski definition) is 3. The predicted molar refractivity (Wildman–Crippen MR) is 160 cm³/mol. The molecule has 6 rings (SSSR count). The van der Waals surface area contributed by atoms with Crippen molar-refractivity contribution in [3.63, 3.8) is 0 Å². The van der Waals surface area contributed by atoms with Crippen LogP contribution in [0.2, 0.25) is 5.02 Å². The fourth-order valence-electron chi connectivity index (χ4n) is 4.63. The molecule has 0 saturated carbocycles. The number of nitrogens with zero attached hydrogens (tertiary/aromatic N) is 1. The van der Waals surface area contributed by atoms with Crippen LogP contribution in [-0.2, 0) is 0 Å². The van der Waals surface area contributed by atoms with Crippen molar-refractivity contribution in [1.29, 1.82) is 0 Å². The van der Waals surface area contributed by atoms with Crippen molar-refractivity contribution in [2.45, 2.75) is 6.92 Å². The van der Waals surface area contributed by atoms with Crippen LogP contribution in [0.4, 0.5) is 11.4 Å². The largest absolute Gasteiger partial charge is 0.478 e. The van der Waals surface area contributed by atoms with E-state index in [-0.39, 0.29) is 11.6 Å². The molecule has 0 aliphatic heterocycles. The Kier molecular flexibility index (Phi) is 6.68. The summed E-state index contributed by atoms with van der Waals surface area (Å²) < 4.78 is 5.83. The number of halogens is 1. The van der Waals surface area contributed by atoms with Gasteiger partial charge in [-0.05, 0) is 66.1 Å². The molecule has 0 spiro atoms. The van der Waals surface area contributed by atoms with Gasteiger partial charge in [0.15, 0.2) is 0 Å². The number of rotatable bonds is 7. The molecule has 1 aromatic heterocycles. The van der Waals surface area contributed by atoms with Crippen LogP contribution in [0.15, 0.2) is 109 Å². The number of nitrogens with one attached hydrogen (secondary N) is 2. The molecule has 0 fully saturated rings. The van der Waals surface area contributed by atoms with Gasteiger partial charge in [-0.15, -0.1) is 0 Å². The van der Waals surface area contributed by atoms with E-state index in [1.807, 2.05) is 66.7 Å².